The first kappa shape index (κ1) is 20.5. The van der Waals surface area contributed by atoms with Crippen LogP contribution in [0, 0.1) is 17.8 Å². The molecule has 164 valence electrons. The Hall–Kier alpha value is -1.35. The van der Waals surface area contributed by atoms with Crippen molar-refractivity contribution in [3.05, 3.63) is 29.3 Å². The average Bonchev–Trinajstić information content (AvgIpc) is 3.45. The number of Topliss-reactive ketones (excluding diaryl/α,β-unsaturated/α-hetero) is 1. The van der Waals surface area contributed by atoms with E-state index in [9.17, 15) is 4.79 Å². The van der Waals surface area contributed by atoms with Gasteiger partial charge in [0, 0.05) is 24.8 Å². The van der Waals surface area contributed by atoms with Crippen LogP contribution >= 0.6 is 0 Å². The van der Waals surface area contributed by atoms with Gasteiger partial charge in [-0.3, -0.25) is 4.79 Å². The van der Waals surface area contributed by atoms with Crippen molar-refractivity contribution in [1.29, 1.82) is 0 Å². The van der Waals surface area contributed by atoms with Crippen molar-refractivity contribution < 1.29 is 9.53 Å². The van der Waals surface area contributed by atoms with Crippen molar-refractivity contribution in [2.75, 3.05) is 26.2 Å². The van der Waals surface area contributed by atoms with Crippen LogP contribution in [0.2, 0.25) is 0 Å². The summed E-state index contributed by atoms with van der Waals surface area (Å²) in [6, 6.07) is 6.67. The Morgan fingerprint density at radius 1 is 0.900 bits per heavy atom. The molecule has 2 aliphatic heterocycles. The summed E-state index contributed by atoms with van der Waals surface area (Å²) in [5, 5.41) is 0. The van der Waals surface area contributed by atoms with E-state index in [1.807, 2.05) is 0 Å². The van der Waals surface area contributed by atoms with E-state index in [1.165, 1.54) is 83.0 Å². The highest BCUT2D eigenvalue weighted by Crippen LogP contribution is 2.38. The number of hydrogen-bond acceptors (Lipinski definition) is 3. The van der Waals surface area contributed by atoms with Crippen LogP contribution in [0.25, 0.3) is 0 Å². The van der Waals surface area contributed by atoms with E-state index in [4.69, 9.17) is 4.74 Å². The minimum absolute atomic E-state index is 0.555. The minimum atomic E-state index is 0.555. The number of rotatable bonds is 8. The second-order valence-corrected chi connectivity index (χ2v) is 10.6. The molecule has 0 radical (unpaired) electrons. The zero-order valence-electron chi connectivity index (χ0n) is 18.6. The lowest BCUT2D eigenvalue weighted by Crippen LogP contribution is -2.35. The van der Waals surface area contributed by atoms with Gasteiger partial charge >= 0.3 is 0 Å². The van der Waals surface area contributed by atoms with Gasteiger partial charge in [-0.2, -0.15) is 0 Å². The van der Waals surface area contributed by atoms with Gasteiger partial charge in [0.2, 0.25) is 0 Å². The molecule has 0 aromatic heterocycles. The maximum atomic E-state index is 12.2. The van der Waals surface area contributed by atoms with Gasteiger partial charge in [-0.25, -0.2) is 0 Å². The number of nitrogens with zero attached hydrogens (tertiary/aromatic N) is 1. The fourth-order valence-electron chi connectivity index (χ4n) is 6.24. The molecule has 1 saturated heterocycles. The molecule has 0 atom stereocenters. The van der Waals surface area contributed by atoms with Crippen molar-refractivity contribution in [1.82, 2.24) is 4.90 Å². The lowest BCUT2D eigenvalue weighted by Gasteiger charge is -2.35. The van der Waals surface area contributed by atoms with Gasteiger partial charge in [-0.1, -0.05) is 25.0 Å². The van der Waals surface area contributed by atoms with Gasteiger partial charge in [0.25, 0.3) is 0 Å². The number of ether oxygens (including phenoxy) is 1. The molecule has 0 N–H and O–H groups in total. The Kier molecular flexibility index (Phi) is 6.45. The molecule has 0 unspecified atom stereocenters. The number of piperidine rings is 1. The molecule has 4 aliphatic rings. The Labute approximate surface area is 182 Å². The van der Waals surface area contributed by atoms with Crippen LogP contribution in [0.4, 0.5) is 0 Å². The molecule has 2 heterocycles. The predicted molar refractivity (Wildman–Crippen MR) is 121 cm³/mol. The largest absolute Gasteiger partial charge is 0.493 e. The highest BCUT2D eigenvalue weighted by Gasteiger charge is 2.29. The van der Waals surface area contributed by atoms with E-state index in [2.05, 4.69) is 23.1 Å². The fourth-order valence-corrected chi connectivity index (χ4v) is 6.24. The highest BCUT2D eigenvalue weighted by atomic mass is 16.5. The predicted octanol–water partition coefficient (Wildman–Crippen LogP) is 5.76. The molecule has 1 aromatic rings. The molecule has 0 amide bonds. The Morgan fingerprint density at radius 2 is 1.57 bits per heavy atom. The summed E-state index contributed by atoms with van der Waals surface area (Å²) in [6.07, 6.45) is 14.7. The maximum Gasteiger partial charge on any atom is 0.133 e. The van der Waals surface area contributed by atoms with Gasteiger partial charge < -0.3 is 9.64 Å². The minimum Gasteiger partial charge on any atom is -0.493 e. The van der Waals surface area contributed by atoms with Crippen LogP contribution < -0.4 is 4.74 Å². The molecule has 2 aliphatic carbocycles. The summed E-state index contributed by atoms with van der Waals surface area (Å²) >= 11 is 0. The topological polar surface area (TPSA) is 29.5 Å². The van der Waals surface area contributed by atoms with Gasteiger partial charge in [0.05, 0.1) is 6.61 Å². The van der Waals surface area contributed by atoms with Crippen LogP contribution in [-0.2, 0) is 11.2 Å². The normalized spacial score (nSPS) is 27.6. The van der Waals surface area contributed by atoms with E-state index in [0.717, 1.165) is 49.4 Å². The Bertz CT molecular complexity index is 724. The summed E-state index contributed by atoms with van der Waals surface area (Å²) in [7, 11) is 0. The quantitative estimate of drug-likeness (QED) is 0.547. The summed E-state index contributed by atoms with van der Waals surface area (Å²) in [4.78, 5) is 14.9. The number of likely N-dealkylation sites (tertiary alicyclic amines) is 1. The molecule has 2 saturated carbocycles. The van der Waals surface area contributed by atoms with Crippen molar-refractivity contribution in [2.45, 2.75) is 83.0 Å². The molecule has 3 fully saturated rings. The van der Waals surface area contributed by atoms with Crippen molar-refractivity contribution in [3.63, 3.8) is 0 Å². The Balaban J connectivity index is 1.01. The zero-order valence-corrected chi connectivity index (χ0v) is 18.6. The highest BCUT2D eigenvalue weighted by molar-refractivity contribution is 5.79. The van der Waals surface area contributed by atoms with Gasteiger partial charge in [0.15, 0.2) is 0 Å². The number of ketones is 1. The molecule has 0 bridgehead atoms. The summed E-state index contributed by atoms with van der Waals surface area (Å²) in [5.74, 6) is 4.77. The second kappa shape index (κ2) is 9.42. The first-order valence-electron chi connectivity index (χ1n) is 12.7. The number of benzene rings is 1. The number of carbonyl (C=O) groups is 1. The molecular weight excluding hydrogens is 370 g/mol. The molecule has 30 heavy (non-hydrogen) atoms. The van der Waals surface area contributed by atoms with Gasteiger partial charge in [0.1, 0.15) is 11.5 Å². The maximum absolute atomic E-state index is 12.2. The van der Waals surface area contributed by atoms with E-state index >= 15 is 0 Å². The summed E-state index contributed by atoms with van der Waals surface area (Å²) in [5.41, 5.74) is 3.06. The van der Waals surface area contributed by atoms with E-state index in [1.54, 1.807) is 5.56 Å². The first-order valence-corrected chi connectivity index (χ1v) is 12.7. The van der Waals surface area contributed by atoms with Crippen molar-refractivity contribution in [3.8, 4) is 5.75 Å². The molecular formula is C27H39NO2. The average molecular weight is 410 g/mol. The van der Waals surface area contributed by atoms with Crippen LogP contribution in [0.15, 0.2) is 18.2 Å². The van der Waals surface area contributed by atoms with E-state index in [0.29, 0.717) is 11.7 Å². The standard InChI is InChI=1S/C27H39NO2/c29-24(19-22-8-9-22)18-21-6-4-20(5-7-21)10-14-28-15-11-23(12-16-28)25-2-1-3-27-26(25)13-17-30-27/h1-3,20-23H,4-19H2. The molecule has 5 rings (SSSR count). The third-order valence-electron chi connectivity index (χ3n) is 8.36. The fraction of sp³-hybridized carbons (Fsp3) is 0.741. The Morgan fingerprint density at radius 3 is 2.27 bits per heavy atom. The summed E-state index contributed by atoms with van der Waals surface area (Å²) < 4.78 is 5.78. The van der Waals surface area contributed by atoms with Gasteiger partial charge in [-0.15, -0.1) is 0 Å². The lowest BCUT2D eigenvalue weighted by molar-refractivity contribution is -0.120. The molecule has 0 spiro atoms. The molecule has 1 aromatic carbocycles. The summed E-state index contributed by atoms with van der Waals surface area (Å²) in [6.45, 7) is 4.64. The van der Waals surface area contributed by atoms with E-state index < -0.39 is 0 Å². The number of hydrogen-bond donors (Lipinski definition) is 0. The SMILES string of the molecule is O=C(CC1CCC(CCN2CCC(c3cccc4c3CCO4)CC2)CC1)CC1CC1. The van der Waals surface area contributed by atoms with Gasteiger partial charge in [-0.05, 0) is 99.9 Å². The van der Waals surface area contributed by atoms with Crippen LogP contribution in [0.1, 0.15) is 87.7 Å². The van der Waals surface area contributed by atoms with Crippen molar-refractivity contribution in [2.24, 2.45) is 17.8 Å². The van der Waals surface area contributed by atoms with Crippen LogP contribution in [0.5, 0.6) is 5.75 Å². The zero-order chi connectivity index (χ0) is 20.3. The second-order valence-electron chi connectivity index (χ2n) is 10.6. The molecule has 3 heteroatoms. The molecule has 3 nitrogen and oxygen atoms in total. The third-order valence-corrected chi connectivity index (χ3v) is 8.36. The lowest BCUT2D eigenvalue weighted by atomic mass is 9.78. The van der Waals surface area contributed by atoms with Crippen LogP contribution in [-0.4, -0.2) is 36.9 Å². The first-order chi connectivity index (χ1) is 14.7. The number of fused-ring (bicyclic) bond motifs is 1. The third kappa shape index (κ3) is 5.10. The van der Waals surface area contributed by atoms with Crippen molar-refractivity contribution >= 4 is 5.78 Å². The monoisotopic (exact) mass is 409 g/mol. The van der Waals surface area contributed by atoms with E-state index in [-0.39, 0.29) is 0 Å². The number of carbonyl (C=O) groups excluding carboxylic acids is 1. The van der Waals surface area contributed by atoms with Crippen LogP contribution in [0.3, 0.4) is 0 Å². The smallest absolute Gasteiger partial charge is 0.133 e.